The van der Waals surface area contributed by atoms with E-state index in [-0.39, 0.29) is 0 Å². The van der Waals surface area contributed by atoms with Gasteiger partial charge >= 0.3 is 0 Å². The van der Waals surface area contributed by atoms with Crippen molar-refractivity contribution in [3.63, 3.8) is 0 Å². The summed E-state index contributed by atoms with van der Waals surface area (Å²) in [6.45, 7) is 2.32. The van der Waals surface area contributed by atoms with Crippen LogP contribution < -0.4 is 5.73 Å². The normalized spacial score (nSPS) is 32.8. The van der Waals surface area contributed by atoms with Gasteiger partial charge in [0.15, 0.2) is 0 Å². The van der Waals surface area contributed by atoms with E-state index in [1.165, 1.54) is 57.8 Å². The molecule has 0 heterocycles. The van der Waals surface area contributed by atoms with Crippen molar-refractivity contribution in [2.75, 3.05) is 0 Å². The fourth-order valence-corrected chi connectivity index (χ4v) is 2.34. The molecule has 2 atom stereocenters. The molecule has 78 valence electrons. The maximum absolute atomic E-state index is 6.04. The van der Waals surface area contributed by atoms with Crippen LogP contribution in [0.5, 0.6) is 0 Å². The van der Waals surface area contributed by atoms with Gasteiger partial charge in [-0.2, -0.15) is 0 Å². The molecule has 1 rings (SSSR count). The maximum Gasteiger partial charge on any atom is 0.00389 e. The number of rotatable bonds is 1. The Morgan fingerprint density at radius 2 is 1.62 bits per heavy atom. The van der Waals surface area contributed by atoms with Gasteiger partial charge < -0.3 is 5.73 Å². The molecule has 2 N–H and O–H groups in total. The SMILES string of the molecule is CC[C@H]1CCCCCCC(N)CC1. The first kappa shape index (κ1) is 11.0. The Balaban J connectivity index is 2.27. The average molecular weight is 183 g/mol. The van der Waals surface area contributed by atoms with E-state index < -0.39 is 0 Å². The molecule has 1 nitrogen and oxygen atoms in total. The topological polar surface area (TPSA) is 26.0 Å². The third-order valence-electron chi connectivity index (χ3n) is 3.46. The lowest BCUT2D eigenvalue weighted by atomic mass is 9.89. The standard InChI is InChI=1S/C12H25N/c1-2-11-7-5-3-4-6-8-12(13)10-9-11/h11-12H,2-10,13H2,1H3/t11-,12?/m0/s1. The van der Waals surface area contributed by atoms with Crippen LogP contribution in [-0.4, -0.2) is 6.04 Å². The van der Waals surface area contributed by atoms with Gasteiger partial charge in [0.05, 0.1) is 0 Å². The van der Waals surface area contributed by atoms with Crippen molar-refractivity contribution in [2.24, 2.45) is 11.7 Å². The molecule has 0 amide bonds. The molecular formula is C12H25N. The molecule has 13 heavy (non-hydrogen) atoms. The van der Waals surface area contributed by atoms with Crippen molar-refractivity contribution < 1.29 is 0 Å². The first-order chi connectivity index (χ1) is 6.33. The fourth-order valence-electron chi connectivity index (χ4n) is 2.34. The monoisotopic (exact) mass is 183 g/mol. The quantitative estimate of drug-likeness (QED) is 0.662. The van der Waals surface area contributed by atoms with Crippen LogP contribution >= 0.6 is 0 Å². The van der Waals surface area contributed by atoms with Crippen LogP contribution in [0, 0.1) is 5.92 Å². The van der Waals surface area contributed by atoms with Crippen molar-refractivity contribution >= 4 is 0 Å². The van der Waals surface area contributed by atoms with Crippen LogP contribution in [0.25, 0.3) is 0 Å². The van der Waals surface area contributed by atoms with Gasteiger partial charge in [-0.1, -0.05) is 45.4 Å². The van der Waals surface area contributed by atoms with Crippen LogP contribution in [0.3, 0.4) is 0 Å². The fraction of sp³-hybridized carbons (Fsp3) is 1.00. The first-order valence-corrected chi connectivity index (χ1v) is 6.08. The van der Waals surface area contributed by atoms with E-state index in [0.717, 1.165) is 5.92 Å². The predicted molar refractivity (Wildman–Crippen MR) is 58.7 cm³/mol. The smallest absolute Gasteiger partial charge is 0.00389 e. The largest absolute Gasteiger partial charge is 0.328 e. The molecule has 0 aliphatic heterocycles. The molecule has 1 unspecified atom stereocenters. The number of hydrogen-bond donors (Lipinski definition) is 1. The second-order valence-electron chi connectivity index (χ2n) is 4.60. The van der Waals surface area contributed by atoms with Gasteiger partial charge in [-0.05, 0) is 25.2 Å². The summed E-state index contributed by atoms with van der Waals surface area (Å²) in [5.74, 6) is 0.962. The van der Waals surface area contributed by atoms with Gasteiger partial charge in [0.25, 0.3) is 0 Å². The van der Waals surface area contributed by atoms with E-state index >= 15 is 0 Å². The van der Waals surface area contributed by atoms with Crippen molar-refractivity contribution in [1.29, 1.82) is 0 Å². The Bertz CT molecular complexity index is 122. The molecule has 1 aliphatic carbocycles. The Morgan fingerprint density at radius 3 is 2.31 bits per heavy atom. The summed E-state index contributed by atoms with van der Waals surface area (Å²) in [6.07, 6.45) is 12.3. The van der Waals surface area contributed by atoms with E-state index in [9.17, 15) is 0 Å². The Morgan fingerprint density at radius 1 is 0.923 bits per heavy atom. The summed E-state index contributed by atoms with van der Waals surface area (Å²) < 4.78 is 0. The summed E-state index contributed by atoms with van der Waals surface area (Å²) >= 11 is 0. The summed E-state index contributed by atoms with van der Waals surface area (Å²) in [5, 5.41) is 0. The first-order valence-electron chi connectivity index (χ1n) is 6.08. The minimum Gasteiger partial charge on any atom is -0.328 e. The van der Waals surface area contributed by atoms with E-state index in [4.69, 9.17) is 5.73 Å². The van der Waals surface area contributed by atoms with Crippen LogP contribution in [0.1, 0.15) is 64.7 Å². The predicted octanol–water partition coefficient (Wildman–Crippen LogP) is 3.47. The second kappa shape index (κ2) is 6.42. The number of nitrogens with two attached hydrogens (primary N) is 1. The van der Waals surface area contributed by atoms with Gasteiger partial charge in [0, 0.05) is 6.04 Å². The summed E-state index contributed by atoms with van der Waals surface area (Å²) in [7, 11) is 0. The zero-order valence-electron chi connectivity index (χ0n) is 9.10. The highest BCUT2D eigenvalue weighted by atomic mass is 14.6. The Kier molecular flexibility index (Phi) is 5.45. The van der Waals surface area contributed by atoms with Crippen molar-refractivity contribution in [3.05, 3.63) is 0 Å². The molecule has 0 bridgehead atoms. The molecule has 1 heteroatoms. The van der Waals surface area contributed by atoms with Crippen LogP contribution in [0.4, 0.5) is 0 Å². The average Bonchev–Trinajstić information content (AvgIpc) is 2.16. The highest BCUT2D eigenvalue weighted by molar-refractivity contribution is 4.67. The zero-order valence-corrected chi connectivity index (χ0v) is 9.10. The highest BCUT2D eigenvalue weighted by Gasteiger charge is 2.11. The third kappa shape index (κ3) is 4.66. The molecule has 1 aliphatic rings. The lowest BCUT2D eigenvalue weighted by molar-refractivity contribution is 0.361. The van der Waals surface area contributed by atoms with E-state index in [0.29, 0.717) is 6.04 Å². The molecule has 0 aromatic rings. The van der Waals surface area contributed by atoms with Gasteiger partial charge in [-0.15, -0.1) is 0 Å². The van der Waals surface area contributed by atoms with Crippen LogP contribution in [0.15, 0.2) is 0 Å². The van der Waals surface area contributed by atoms with Crippen molar-refractivity contribution in [1.82, 2.24) is 0 Å². The van der Waals surface area contributed by atoms with E-state index in [1.807, 2.05) is 0 Å². The summed E-state index contributed by atoms with van der Waals surface area (Å²) in [6, 6.07) is 0.493. The van der Waals surface area contributed by atoms with Crippen molar-refractivity contribution in [2.45, 2.75) is 70.8 Å². The van der Waals surface area contributed by atoms with Crippen molar-refractivity contribution in [3.8, 4) is 0 Å². The lowest BCUT2D eigenvalue weighted by Crippen LogP contribution is -2.21. The highest BCUT2D eigenvalue weighted by Crippen LogP contribution is 2.22. The minimum absolute atomic E-state index is 0.493. The molecule has 1 saturated carbocycles. The molecule has 0 radical (unpaired) electrons. The molecule has 0 aromatic carbocycles. The maximum atomic E-state index is 6.04. The zero-order chi connectivity index (χ0) is 9.52. The molecule has 1 fully saturated rings. The number of hydrogen-bond acceptors (Lipinski definition) is 1. The van der Waals surface area contributed by atoms with E-state index in [1.54, 1.807) is 0 Å². The summed E-state index contributed by atoms with van der Waals surface area (Å²) in [4.78, 5) is 0. The lowest BCUT2D eigenvalue weighted by Gasteiger charge is -2.19. The van der Waals surface area contributed by atoms with Gasteiger partial charge in [0.2, 0.25) is 0 Å². The van der Waals surface area contributed by atoms with E-state index in [2.05, 4.69) is 6.92 Å². The van der Waals surface area contributed by atoms with Gasteiger partial charge in [-0.25, -0.2) is 0 Å². The minimum atomic E-state index is 0.493. The van der Waals surface area contributed by atoms with Crippen LogP contribution in [0.2, 0.25) is 0 Å². The molecular weight excluding hydrogens is 158 g/mol. The second-order valence-corrected chi connectivity index (χ2v) is 4.60. The molecule has 0 aromatic heterocycles. The third-order valence-corrected chi connectivity index (χ3v) is 3.46. The Labute approximate surface area is 83.1 Å². The molecule has 0 spiro atoms. The Hall–Kier alpha value is -0.0400. The van der Waals surface area contributed by atoms with Gasteiger partial charge in [0.1, 0.15) is 0 Å². The molecule has 0 saturated heterocycles. The van der Waals surface area contributed by atoms with Gasteiger partial charge in [-0.3, -0.25) is 0 Å². The summed E-state index contributed by atoms with van der Waals surface area (Å²) in [5.41, 5.74) is 6.04. The van der Waals surface area contributed by atoms with Crippen LogP contribution in [-0.2, 0) is 0 Å².